The van der Waals surface area contributed by atoms with Crippen molar-refractivity contribution >= 4 is 54.6 Å². The minimum atomic E-state index is -3.82. The molecule has 2 N–H and O–H groups in total. The van der Waals surface area contributed by atoms with Crippen molar-refractivity contribution in [1.82, 2.24) is 0 Å². The minimum Gasteiger partial charge on any atom is -0.493 e. The maximum atomic E-state index is 12.7. The molecule has 0 saturated heterocycles. The number of ether oxygens (including phenoxy) is 1. The first kappa shape index (κ1) is 21.4. The largest absolute Gasteiger partial charge is 0.493 e. The maximum absolute atomic E-state index is 12.7. The number of thiophene rings is 1. The van der Waals surface area contributed by atoms with Gasteiger partial charge in [0.15, 0.2) is 0 Å². The second kappa shape index (κ2) is 9.43. The molecule has 0 unspecified atom stereocenters. The number of hydrogen-bond donors (Lipinski definition) is 2. The summed E-state index contributed by atoms with van der Waals surface area (Å²) in [5.41, 5.74) is 0.815. The van der Waals surface area contributed by atoms with Crippen molar-refractivity contribution in [1.29, 1.82) is 0 Å². The normalized spacial score (nSPS) is 11.1. The Balaban J connectivity index is 1.73. The second-order valence-corrected chi connectivity index (χ2v) is 9.58. The zero-order valence-corrected chi connectivity index (χ0v) is 18.7. The summed E-state index contributed by atoms with van der Waals surface area (Å²) in [6, 6.07) is 14.8. The fourth-order valence-electron chi connectivity index (χ4n) is 2.57. The van der Waals surface area contributed by atoms with Crippen molar-refractivity contribution in [2.24, 2.45) is 0 Å². The van der Waals surface area contributed by atoms with Gasteiger partial charge in [0.2, 0.25) is 5.91 Å². The summed E-state index contributed by atoms with van der Waals surface area (Å²) in [6.07, 6.45) is 0.243. The third kappa shape index (κ3) is 5.81. The molecule has 0 fully saturated rings. The van der Waals surface area contributed by atoms with E-state index in [0.29, 0.717) is 28.2 Å². The third-order valence-electron chi connectivity index (χ3n) is 3.83. The molecule has 3 rings (SSSR count). The highest BCUT2D eigenvalue weighted by Gasteiger charge is 2.16. The summed E-state index contributed by atoms with van der Waals surface area (Å²) in [6.45, 7) is 2.38. The van der Waals surface area contributed by atoms with Crippen LogP contribution in [0.1, 0.15) is 11.8 Å². The molecule has 2 aromatic carbocycles. The molecule has 152 valence electrons. The summed E-state index contributed by atoms with van der Waals surface area (Å²) in [5, 5.41) is 4.64. The lowest BCUT2D eigenvalue weighted by molar-refractivity contribution is -0.115. The lowest BCUT2D eigenvalue weighted by atomic mass is 10.3. The summed E-state index contributed by atoms with van der Waals surface area (Å²) in [5.74, 6) is 0.427. The number of amides is 1. The lowest BCUT2D eigenvalue weighted by Crippen LogP contribution is -2.16. The van der Waals surface area contributed by atoms with E-state index in [0.717, 1.165) is 4.88 Å². The SMILES string of the molecule is CCOc1ccc(NS(=O)(=O)c2cccc(NC(=O)Cc3cccs3)c2)cc1Br. The molecule has 29 heavy (non-hydrogen) atoms. The number of nitrogens with one attached hydrogen (secondary N) is 2. The zero-order valence-electron chi connectivity index (χ0n) is 15.5. The second-order valence-electron chi connectivity index (χ2n) is 6.02. The van der Waals surface area contributed by atoms with Crippen molar-refractivity contribution in [2.45, 2.75) is 18.2 Å². The van der Waals surface area contributed by atoms with Crippen molar-refractivity contribution in [3.05, 3.63) is 69.3 Å². The van der Waals surface area contributed by atoms with E-state index < -0.39 is 10.0 Å². The molecule has 1 aromatic heterocycles. The van der Waals surface area contributed by atoms with Gasteiger partial charge in [-0.2, -0.15) is 0 Å². The van der Waals surface area contributed by atoms with Gasteiger partial charge in [0.05, 0.1) is 28.1 Å². The van der Waals surface area contributed by atoms with E-state index in [1.54, 1.807) is 30.3 Å². The first-order chi connectivity index (χ1) is 13.9. The molecule has 1 heterocycles. The first-order valence-corrected chi connectivity index (χ1v) is 11.9. The highest BCUT2D eigenvalue weighted by Crippen LogP contribution is 2.29. The molecular weight excluding hydrogens is 476 g/mol. The maximum Gasteiger partial charge on any atom is 0.261 e. The first-order valence-electron chi connectivity index (χ1n) is 8.75. The van der Waals surface area contributed by atoms with Gasteiger partial charge < -0.3 is 10.1 Å². The molecular formula is C20H19BrN2O4S2. The van der Waals surface area contributed by atoms with E-state index >= 15 is 0 Å². The molecule has 0 aliphatic rings. The van der Waals surface area contributed by atoms with Gasteiger partial charge >= 0.3 is 0 Å². The Bertz CT molecular complexity index is 1100. The number of rotatable bonds is 8. The predicted molar refractivity (Wildman–Crippen MR) is 119 cm³/mol. The van der Waals surface area contributed by atoms with Crippen LogP contribution in [-0.2, 0) is 21.2 Å². The van der Waals surface area contributed by atoms with Crippen LogP contribution in [0.2, 0.25) is 0 Å². The van der Waals surface area contributed by atoms with Gasteiger partial charge in [0, 0.05) is 10.6 Å². The predicted octanol–water partition coefficient (Wildman–Crippen LogP) is 4.89. The van der Waals surface area contributed by atoms with E-state index in [4.69, 9.17) is 4.74 Å². The quantitative estimate of drug-likeness (QED) is 0.466. The average Bonchev–Trinajstić information content (AvgIpc) is 3.17. The topological polar surface area (TPSA) is 84.5 Å². The molecule has 0 aliphatic carbocycles. The van der Waals surface area contributed by atoms with Crippen LogP contribution in [0.5, 0.6) is 5.75 Å². The fraction of sp³-hybridized carbons (Fsp3) is 0.150. The number of hydrogen-bond acceptors (Lipinski definition) is 5. The van der Waals surface area contributed by atoms with E-state index in [2.05, 4.69) is 26.0 Å². The molecule has 0 saturated carbocycles. The van der Waals surface area contributed by atoms with Gasteiger partial charge in [-0.05, 0) is 70.7 Å². The van der Waals surface area contributed by atoms with Gasteiger partial charge in [-0.1, -0.05) is 12.1 Å². The number of halogens is 1. The van der Waals surface area contributed by atoms with Crippen LogP contribution in [0.25, 0.3) is 0 Å². The fourth-order valence-corrected chi connectivity index (χ4v) is 4.86. The molecule has 9 heteroatoms. The van der Waals surface area contributed by atoms with E-state index in [1.165, 1.54) is 23.5 Å². The Morgan fingerprint density at radius 2 is 1.93 bits per heavy atom. The number of carbonyl (C=O) groups excluding carboxylic acids is 1. The summed E-state index contributed by atoms with van der Waals surface area (Å²) >= 11 is 4.86. The van der Waals surface area contributed by atoms with Crippen molar-refractivity contribution < 1.29 is 17.9 Å². The van der Waals surface area contributed by atoms with Gasteiger partial charge in [0.25, 0.3) is 10.0 Å². The Kier molecular flexibility index (Phi) is 6.94. The van der Waals surface area contributed by atoms with Crippen molar-refractivity contribution in [2.75, 3.05) is 16.6 Å². The molecule has 0 spiro atoms. The van der Waals surface area contributed by atoms with Gasteiger partial charge in [-0.3, -0.25) is 9.52 Å². The third-order valence-corrected chi connectivity index (χ3v) is 6.70. The van der Waals surface area contributed by atoms with Crippen molar-refractivity contribution in [3.8, 4) is 5.75 Å². The highest BCUT2D eigenvalue weighted by atomic mass is 79.9. The summed E-state index contributed by atoms with van der Waals surface area (Å²) < 4.78 is 34.1. The van der Waals surface area contributed by atoms with Gasteiger partial charge in [0.1, 0.15) is 5.75 Å². The molecule has 0 radical (unpaired) electrons. The summed E-state index contributed by atoms with van der Waals surface area (Å²) in [7, 11) is -3.82. The highest BCUT2D eigenvalue weighted by molar-refractivity contribution is 9.10. The minimum absolute atomic E-state index is 0.0523. The lowest BCUT2D eigenvalue weighted by Gasteiger charge is -2.12. The van der Waals surface area contributed by atoms with Gasteiger partial charge in [-0.15, -0.1) is 11.3 Å². The molecule has 0 aliphatic heterocycles. The van der Waals surface area contributed by atoms with Crippen LogP contribution in [0, 0.1) is 0 Å². The Labute approximate surface area is 182 Å². The molecule has 0 atom stereocenters. The Morgan fingerprint density at radius 3 is 2.62 bits per heavy atom. The average molecular weight is 495 g/mol. The van der Waals surface area contributed by atoms with E-state index in [-0.39, 0.29) is 17.2 Å². The van der Waals surface area contributed by atoms with Crippen LogP contribution in [0.15, 0.2) is 69.3 Å². The number of carbonyl (C=O) groups is 1. The van der Waals surface area contributed by atoms with Crippen LogP contribution in [0.4, 0.5) is 11.4 Å². The number of anilines is 2. The molecule has 0 bridgehead atoms. The molecule has 6 nitrogen and oxygen atoms in total. The van der Waals surface area contributed by atoms with Crippen molar-refractivity contribution in [3.63, 3.8) is 0 Å². The Morgan fingerprint density at radius 1 is 1.10 bits per heavy atom. The van der Waals surface area contributed by atoms with Gasteiger partial charge in [-0.25, -0.2) is 8.42 Å². The molecule has 1 amide bonds. The molecule has 3 aromatic rings. The summed E-state index contributed by atoms with van der Waals surface area (Å²) in [4.78, 5) is 13.2. The van der Waals surface area contributed by atoms with Crippen LogP contribution in [-0.4, -0.2) is 20.9 Å². The standard InChI is InChI=1S/C20H19BrN2O4S2/c1-2-27-19-9-8-15(12-18(19)21)23-29(25,26)17-7-3-5-14(11-17)22-20(24)13-16-6-4-10-28-16/h3-12,23H,2,13H2,1H3,(H,22,24). The smallest absolute Gasteiger partial charge is 0.261 e. The van der Waals surface area contributed by atoms with Crippen LogP contribution < -0.4 is 14.8 Å². The zero-order chi connectivity index (χ0) is 20.9. The van der Waals surface area contributed by atoms with E-state index in [1.807, 2.05) is 24.4 Å². The number of benzene rings is 2. The van der Waals surface area contributed by atoms with Crippen LogP contribution >= 0.6 is 27.3 Å². The van der Waals surface area contributed by atoms with Crippen LogP contribution in [0.3, 0.4) is 0 Å². The monoisotopic (exact) mass is 494 g/mol. The van der Waals surface area contributed by atoms with E-state index in [9.17, 15) is 13.2 Å². The number of sulfonamides is 1. The Hall–Kier alpha value is -2.36.